The van der Waals surface area contributed by atoms with E-state index in [0.717, 1.165) is 19.3 Å². The molecule has 4 heteroatoms. The summed E-state index contributed by atoms with van der Waals surface area (Å²) in [7, 11) is 0. The molecule has 1 amide bonds. The molecule has 0 aliphatic heterocycles. The van der Waals surface area contributed by atoms with Gasteiger partial charge in [0.05, 0.1) is 6.42 Å². The largest absolute Gasteiger partial charge is 0.481 e. The summed E-state index contributed by atoms with van der Waals surface area (Å²) in [5, 5.41) is 11.4. The van der Waals surface area contributed by atoms with Crippen molar-refractivity contribution in [3.63, 3.8) is 0 Å². The molecule has 0 fully saturated rings. The van der Waals surface area contributed by atoms with E-state index in [2.05, 4.69) is 17.4 Å². The van der Waals surface area contributed by atoms with Crippen molar-refractivity contribution in [2.45, 2.75) is 45.6 Å². The zero-order chi connectivity index (χ0) is 15.0. The van der Waals surface area contributed by atoms with Crippen LogP contribution in [0.25, 0.3) is 0 Å². The van der Waals surface area contributed by atoms with Crippen LogP contribution in [0.1, 0.15) is 38.7 Å². The van der Waals surface area contributed by atoms with Crippen LogP contribution in [0, 0.1) is 5.92 Å². The Hall–Kier alpha value is -1.84. The number of carboxylic acids is 1. The fourth-order valence-electron chi connectivity index (χ4n) is 2.09. The molecule has 1 aromatic rings. The predicted molar refractivity (Wildman–Crippen MR) is 78.4 cm³/mol. The molecular weight excluding hydrogens is 254 g/mol. The van der Waals surface area contributed by atoms with Gasteiger partial charge < -0.3 is 10.4 Å². The third-order valence-electron chi connectivity index (χ3n) is 3.26. The number of aliphatic carboxylic acids is 1. The van der Waals surface area contributed by atoms with Crippen molar-refractivity contribution in [2.75, 3.05) is 0 Å². The molecule has 2 N–H and O–H groups in total. The summed E-state index contributed by atoms with van der Waals surface area (Å²) in [6.07, 6.45) is 2.68. The van der Waals surface area contributed by atoms with E-state index in [-0.39, 0.29) is 24.3 Å². The second-order valence-corrected chi connectivity index (χ2v) is 5.29. The third-order valence-corrected chi connectivity index (χ3v) is 3.26. The lowest BCUT2D eigenvalue weighted by Gasteiger charge is -2.16. The van der Waals surface area contributed by atoms with E-state index in [9.17, 15) is 9.59 Å². The van der Waals surface area contributed by atoms with Gasteiger partial charge in [0.25, 0.3) is 0 Å². The van der Waals surface area contributed by atoms with Crippen LogP contribution in [0.15, 0.2) is 30.3 Å². The Morgan fingerprint density at radius 1 is 1.20 bits per heavy atom. The Morgan fingerprint density at radius 3 is 2.45 bits per heavy atom. The van der Waals surface area contributed by atoms with Gasteiger partial charge in [0.2, 0.25) is 5.91 Å². The summed E-state index contributed by atoms with van der Waals surface area (Å²) in [5.41, 5.74) is 1.28. The number of nitrogens with one attached hydrogen (secondary N) is 1. The van der Waals surface area contributed by atoms with Gasteiger partial charge in [0, 0.05) is 12.0 Å². The minimum absolute atomic E-state index is 0.0392. The summed E-state index contributed by atoms with van der Waals surface area (Å²) < 4.78 is 0. The number of carbonyl (C=O) groups excluding carboxylic acids is 1. The molecule has 0 spiro atoms. The molecule has 0 radical (unpaired) electrons. The number of aryl methyl sites for hydroxylation is 1. The summed E-state index contributed by atoms with van der Waals surface area (Å²) in [5.74, 6) is -1.05. The van der Waals surface area contributed by atoms with E-state index >= 15 is 0 Å². The molecule has 0 heterocycles. The van der Waals surface area contributed by atoms with Gasteiger partial charge in [-0.05, 0) is 31.7 Å². The molecule has 0 saturated heterocycles. The van der Waals surface area contributed by atoms with Crippen LogP contribution in [0.4, 0.5) is 0 Å². The average molecular weight is 277 g/mol. The molecule has 110 valence electrons. The fraction of sp³-hybridized carbons (Fsp3) is 0.500. The first-order valence-electron chi connectivity index (χ1n) is 7.05. The third kappa shape index (κ3) is 6.36. The standard InChI is InChI=1S/C16H23NO3/c1-12(16(20)17-13(2)11-15(18)19)7-6-10-14-8-4-3-5-9-14/h3-5,8-9,12-13H,6-7,10-11H2,1-2H3,(H,17,20)(H,18,19). The highest BCUT2D eigenvalue weighted by atomic mass is 16.4. The molecule has 4 nitrogen and oxygen atoms in total. The molecule has 0 aromatic heterocycles. The minimum atomic E-state index is -0.894. The van der Waals surface area contributed by atoms with Gasteiger partial charge in [-0.3, -0.25) is 9.59 Å². The lowest BCUT2D eigenvalue weighted by atomic mass is 10.00. The van der Waals surface area contributed by atoms with Crippen LogP contribution in [0.2, 0.25) is 0 Å². The van der Waals surface area contributed by atoms with E-state index in [1.54, 1.807) is 6.92 Å². The van der Waals surface area contributed by atoms with Crippen molar-refractivity contribution in [2.24, 2.45) is 5.92 Å². The van der Waals surface area contributed by atoms with Crippen molar-refractivity contribution < 1.29 is 14.7 Å². The first-order chi connectivity index (χ1) is 9.49. The van der Waals surface area contributed by atoms with E-state index < -0.39 is 5.97 Å². The average Bonchev–Trinajstić information content (AvgIpc) is 2.38. The lowest BCUT2D eigenvalue weighted by molar-refractivity contribution is -0.137. The van der Waals surface area contributed by atoms with Gasteiger partial charge in [0.15, 0.2) is 0 Å². The molecule has 0 saturated carbocycles. The SMILES string of the molecule is CC(CC(=O)O)NC(=O)C(C)CCCc1ccccc1. The summed E-state index contributed by atoms with van der Waals surface area (Å²) >= 11 is 0. The van der Waals surface area contributed by atoms with Crippen molar-refractivity contribution in [1.82, 2.24) is 5.32 Å². The Kier molecular flexibility index (Phi) is 6.77. The van der Waals surface area contributed by atoms with Gasteiger partial charge in [-0.15, -0.1) is 0 Å². The van der Waals surface area contributed by atoms with Gasteiger partial charge in [0.1, 0.15) is 0 Å². The highest BCUT2D eigenvalue weighted by Gasteiger charge is 2.16. The van der Waals surface area contributed by atoms with Crippen LogP contribution < -0.4 is 5.32 Å². The smallest absolute Gasteiger partial charge is 0.305 e. The molecule has 0 aliphatic rings. The van der Waals surface area contributed by atoms with E-state index in [0.29, 0.717) is 0 Å². The van der Waals surface area contributed by atoms with Crippen LogP contribution in [0.3, 0.4) is 0 Å². The van der Waals surface area contributed by atoms with Crippen molar-refractivity contribution >= 4 is 11.9 Å². The van der Waals surface area contributed by atoms with Gasteiger partial charge in [-0.1, -0.05) is 37.3 Å². The predicted octanol–water partition coefficient (Wildman–Crippen LogP) is 2.62. The van der Waals surface area contributed by atoms with Crippen molar-refractivity contribution in [3.05, 3.63) is 35.9 Å². The molecule has 2 atom stereocenters. The Balaban J connectivity index is 2.26. The quantitative estimate of drug-likeness (QED) is 0.767. The van der Waals surface area contributed by atoms with Crippen LogP contribution in [-0.2, 0) is 16.0 Å². The normalized spacial score (nSPS) is 13.5. The topological polar surface area (TPSA) is 66.4 Å². The Labute approximate surface area is 120 Å². The molecule has 1 rings (SSSR count). The molecule has 0 bridgehead atoms. The van der Waals surface area contributed by atoms with E-state index in [1.165, 1.54) is 5.56 Å². The zero-order valence-electron chi connectivity index (χ0n) is 12.1. The fourth-order valence-corrected chi connectivity index (χ4v) is 2.09. The van der Waals surface area contributed by atoms with Gasteiger partial charge in [-0.2, -0.15) is 0 Å². The molecule has 20 heavy (non-hydrogen) atoms. The number of carboxylic acid groups (broad SMARTS) is 1. The van der Waals surface area contributed by atoms with Gasteiger partial charge >= 0.3 is 5.97 Å². The first kappa shape index (κ1) is 16.2. The summed E-state index contributed by atoms with van der Waals surface area (Å²) in [6, 6.07) is 9.86. The summed E-state index contributed by atoms with van der Waals surface area (Å²) in [4.78, 5) is 22.4. The number of hydrogen-bond acceptors (Lipinski definition) is 2. The van der Waals surface area contributed by atoms with E-state index in [1.807, 2.05) is 25.1 Å². The number of rotatable bonds is 8. The second kappa shape index (κ2) is 8.35. The van der Waals surface area contributed by atoms with Crippen molar-refractivity contribution in [3.8, 4) is 0 Å². The monoisotopic (exact) mass is 277 g/mol. The van der Waals surface area contributed by atoms with Gasteiger partial charge in [-0.25, -0.2) is 0 Å². The highest BCUT2D eigenvalue weighted by Crippen LogP contribution is 2.11. The van der Waals surface area contributed by atoms with Crippen LogP contribution >= 0.6 is 0 Å². The number of hydrogen-bond donors (Lipinski definition) is 2. The van der Waals surface area contributed by atoms with E-state index in [4.69, 9.17) is 5.11 Å². The van der Waals surface area contributed by atoms with Crippen molar-refractivity contribution in [1.29, 1.82) is 0 Å². The number of benzene rings is 1. The number of amides is 1. The Morgan fingerprint density at radius 2 is 1.85 bits per heavy atom. The second-order valence-electron chi connectivity index (χ2n) is 5.29. The minimum Gasteiger partial charge on any atom is -0.481 e. The summed E-state index contributed by atoms with van der Waals surface area (Å²) in [6.45, 7) is 3.59. The zero-order valence-corrected chi connectivity index (χ0v) is 12.1. The lowest BCUT2D eigenvalue weighted by Crippen LogP contribution is -2.37. The Bertz CT molecular complexity index is 431. The maximum absolute atomic E-state index is 11.9. The molecule has 1 aromatic carbocycles. The molecular formula is C16H23NO3. The molecule has 0 aliphatic carbocycles. The van der Waals surface area contributed by atoms with Crippen LogP contribution in [0.5, 0.6) is 0 Å². The van der Waals surface area contributed by atoms with Crippen LogP contribution in [-0.4, -0.2) is 23.0 Å². The highest BCUT2D eigenvalue weighted by molar-refractivity contribution is 5.79. The first-order valence-corrected chi connectivity index (χ1v) is 7.05. The maximum atomic E-state index is 11.9. The molecule has 2 unspecified atom stereocenters. The maximum Gasteiger partial charge on any atom is 0.305 e. The number of carbonyl (C=O) groups is 2.